The zero-order valence-electron chi connectivity index (χ0n) is 14.1. The quantitative estimate of drug-likeness (QED) is 0.731. The molecular weight excluding hydrogens is 304 g/mol. The molecule has 2 rings (SSSR count). The van der Waals surface area contributed by atoms with Crippen molar-refractivity contribution in [2.24, 2.45) is 0 Å². The van der Waals surface area contributed by atoms with Crippen LogP contribution < -0.4 is 10.6 Å². The average Bonchev–Trinajstić information content (AvgIpc) is 2.58. The summed E-state index contributed by atoms with van der Waals surface area (Å²) in [6, 6.07) is 15.3. The Morgan fingerprint density at radius 1 is 1.12 bits per heavy atom. The SMILES string of the molecule is Cc1ccc([C@@H](CNC(=O)Nc2ccccc2C)OCCO)cc1. The molecule has 0 saturated carbocycles. The third-order valence-electron chi connectivity index (χ3n) is 3.70. The number of hydrogen-bond donors (Lipinski definition) is 3. The van der Waals surface area contributed by atoms with Crippen LogP contribution in [0, 0.1) is 13.8 Å². The van der Waals surface area contributed by atoms with Crippen LogP contribution >= 0.6 is 0 Å². The van der Waals surface area contributed by atoms with Gasteiger partial charge >= 0.3 is 6.03 Å². The minimum Gasteiger partial charge on any atom is -0.394 e. The monoisotopic (exact) mass is 328 g/mol. The fourth-order valence-corrected chi connectivity index (χ4v) is 2.31. The van der Waals surface area contributed by atoms with Crippen molar-refractivity contribution in [3.63, 3.8) is 0 Å². The van der Waals surface area contributed by atoms with Gasteiger partial charge in [0.2, 0.25) is 0 Å². The number of para-hydroxylation sites is 1. The zero-order valence-corrected chi connectivity index (χ0v) is 14.1. The lowest BCUT2D eigenvalue weighted by molar-refractivity contribution is 0.0297. The smallest absolute Gasteiger partial charge is 0.319 e. The standard InChI is InChI=1S/C19H24N2O3/c1-14-7-9-16(10-8-14)18(24-12-11-22)13-20-19(23)21-17-6-4-3-5-15(17)2/h3-10,18,22H,11-13H2,1-2H3,(H2,20,21,23)/t18-/m1/s1. The van der Waals surface area contributed by atoms with Gasteiger partial charge in [-0.25, -0.2) is 4.79 Å². The Balaban J connectivity index is 1.95. The molecule has 3 N–H and O–H groups in total. The van der Waals surface area contributed by atoms with Crippen LogP contribution in [0.25, 0.3) is 0 Å². The number of carbonyl (C=O) groups excluding carboxylic acids is 1. The fourth-order valence-electron chi connectivity index (χ4n) is 2.31. The van der Waals surface area contributed by atoms with Crippen LogP contribution in [0.4, 0.5) is 10.5 Å². The second kappa shape index (κ2) is 9.05. The number of carbonyl (C=O) groups is 1. The number of rotatable bonds is 7. The van der Waals surface area contributed by atoms with Crippen molar-refractivity contribution >= 4 is 11.7 Å². The predicted molar refractivity (Wildman–Crippen MR) is 95.2 cm³/mol. The van der Waals surface area contributed by atoms with Gasteiger partial charge in [0.15, 0.2) is 0 Å². The van der Waals surface area contributed by atoms with Crippen LogP contribution in [-0.2, 0) is 4.74 Å². The number of anilines is 1. The molecule has 0 unspecified atom stereocenters. The van der Waals surface area contributed by atoms with Gasteiger partial charge in [0.1, 0.15) is 0 Å². The maximum Gasteiger partial charge on any atom is 0.319 e. The number of aliphatic hydroxyl groups is 1. The van der Waals surface area contributed by atoms with Crippen molar-refractivity contribution in [3.8, 4) is 0 Å². The van der Waals surface area contributed by atoms with Gasteiger partial charge < -0.3 is 20.5 Å². The number of nitrogens with one attached hydrogen (secondary N) is 2. The third kappa shape index (κ3) is 5.37. The first-order valence-corrected chi connectivity index (χ1v) is 7.99. The molecule has 0 fully saturated rings. The van der Waals surface area contributed by atoms with Crippen LogP contribution in [0.3, 0.4) is 0 Å². The summed E-state index contributed by atoms with van der Waals surface area (Å²) in [5.74, 6) is 0. The molecule has 5 heteroatoms. The van der Waals surface area contributed by atoms with Gasteiger partial charge in [-0.15, -0.1) is 0 Å². The van der Waals surface area contributed by atoms with Gasteiger partial charge in [-0.2, -0.15) is 0 Å². The molecule has 0 bridgehead atoms. The summed E-state index contributed by atoms with van der Waals surface area (Å²) in [4.78, 5) is 12.1. The Morgan fingerprint density at radius 2 is 1.83 bits per heavy atom. The number of amides is 2. The molecule has 1 atom stereocenters. The van der Waals surface area contributed by atoms with E-state index in [9.17, 15) is 4.79 Å². The van der Waals surface area contributed by atoms with E-state index in [-0.39, 0.29) is 25.3 Å². The molecule has 0 aliphatic heterocycles. The Bertz CT molecular complexity index is 656. The summed E-state index contributed by atoms with van der Waals surface area (Å²) in [6.45, 7) is 4.44. The van der Waals surface area contributed by atoms with Gasteiger partial charge in [-0.3, -0.25) is 0 Å². The molecule has 0 spiro atoms. The Hall–Kier alpha value is -2.37. The number of aliphatic hydroxyl groups excluding tert-OH is 1. The molecule has 0 heterocycles. The van der Waals surface area contributed by atoms with E-state index in [1.165, 1.54) is 0 Å². The molecule has 0 saturated heterocycles. The summed E-state index contributed by atoms with van der Waals surface area (Å²) >= 11 is 0. The van der Waals surface area contributed by atoms with Gasteiger partial charge in [-0.1, -0.05) is 48.0 Å². The van der Waals surface area contributed by atoms with Crippen molar-refractivity contribution in [2.45, 2.75) is 20.0 Å². The molecule has 2 aromatic rings. The van der Waals surface area contributed by atoms with E-state index in [1.807, 2.05) is 62.4 Å². The number of hydrogen-bond acceptors (Lipinski definition) is 3. The lowest BCUT2D eigenvalue weighted by Crippen LogP contribution is -2.33. The van der Waals surface area contributed by atoms with Crippen molar-refractivity contribution in [2.75, 3.05) is 25.1 Å². The molecular formula is C19H24N2O3. The molecule has 0 aliphatic rings. The summed E-state index contributed by atoms with van der Waals surface area (Å²) in [5, 5.41) is 14.6. The van der Waals surface area contributed by atoms with Gasteiger partial charge in [0.25, 0.3) is 0 Å². The maximum absolute atomic E-state index is 12.1. The summed E-state index contributed by atoms with van der Waals surface area (Å²) < 4.78 is 5.65. The second-order valence-corrected chi connectivity index (χ2v) is 5.64. The van der Waals surface area contributed by atoms with E-state index in [2.05, 4.69) is 10.6 Å². The van der Waals surface area contributed by atoms with Gasteiger partial charge in [0.05, 0.1) is 19.3 Å². The number of ether oxygens (including phenoxy) is 1. The number of urea groups is 1. The summed E-state index contributed by atoms with van der Waals surface area (Å²) in [5.41, 5.74) is 3.90. The normalized spacial score (nSPS) is 11.8. The largest absolute Gasteiger partial charge is 0.394 e. The Kier molecular flexibility index (Phi) is 6.78. The first-order valence-electron chi connectivity index (χ1n) is 7.99. The molecule has 0 aliphatic carbocycles. The first-order chi connectivity index (χ1) is 11.6. The van der Waals surface area contributed by atoms with Crippen molar-refractivity contribution in [3.05, 3.63) is 65.2 Å². The average molecular weight is 328 g/mol. The number of aryl methyl sites for hydroxylation is 2. The van der Waals surface area contributed by atoms with E-state index >= 15 is 0 Å². The molecule has 2 aromatic carbocycles. The Labute approximate surface area is 142 Å². The highest BCUT2D eigenvalue weighted by molar-refractivity contribution is 5.90. The van der Waals surface area contributed by atoms with Crippen molar-refractivity contribution in [1.29, 1.82) is 0 Å². The molecule has 128 valence electrons. The van der Waals surface area contributed by atoms with E-state index in [4.69, 9.17) is 9.84 Å². The van der Waals surface area contributed by atoms with Crippen molar-refractivity contribution in [1.82, 2.24) is 5.32 Å². The van der Waals surface area contributed by atoms with Crippen LogP contribution in [-0.4, -0.2) is 30.9 Å². The number of benzene rings is 2. The molecule has 0 aromatic heterocycles. The molecule has 5 nitrogen and oxygen atoms in total. The summed E-state index contributed by atoms with van der Waals surface area (Å²) in [7, 11) is 0. The molecule has 24 heavy (non-hydrogen) atoms. The molecule has 2 amide bonds. The van der Waals surface area contributed by atoms with Crippen LogP contribution in [0.5, 0.6) is 0 Å². The Morgan fingerprint density at radius 3 is 2.50 bits per heavy atom. The van der Waals surface area contributed by atoms with E-state index in [0.717, 1.165) is 22.4 Å². The van der Waals surface area contributed by atoms with Crippen LogP contribution in [0.15, 0.2) is 48.5 Å². The summed E-state index contributed by atoms with van der Waals surface area (Å²) in [6.07, 6.45) is -0.305. The lowest BCUT2D eigenvalue weighted by atomic mass is 10.1. The highest BCUT2D eigenvalue weighted by Crippen LogP contribution is 2.18. The van der Waals surface area contributed by atoms with Crippen LogP contribution in [0.1, 0.15) is 22.8 Å². The topological polar surface area (TPSA) is 70.6 Å². The van der Waals surface area contributed by atoms with E-state index < -0.39 is 0 Å². The second-order valence-electron chi connectivity index (χ2n) is 5.64. The first kappa shape index (κ1) is 18.0. The van der Waals surface area contributed by atoms with Gasteiger partial charge in [-0.05, 0) is 31.0 Å². The third-order valence-corrected chi connectivity index (χ3v) is 3.70. The minimum atomic E-state index is -0.305. The minimum absolute atomic E-state index is 0.0578. The highest BCUT2D eigenvalue weighted by atomic mass is 16.5. The van der Waals surface area contributed by atoms with Crippen molar-refractivity contribution < 1.29 is 14.6 Å². The van der Waals surface area contributed by atoms with E-state index in [0.29, 0.717) is 6.54 Å². The predicted octanol–water partition coefficient (Wildman–Crippen LogP) is 3.18. The van der Waals surface area contributed by atoms with Crippen LogP contribution in [0.2, 0.25) is 0 Å². The fraction of sp³-hybridized carbons (Fsp3) is 0.316. The molecule has 0 radical (unpaired) electrons. The van der Waals surface area contributed by atoms with E-state index in [1.54, 1.807) is 0 Å². The van der Waals surface area contributed by atoms with Gasteiger partial charge in [0, 0.05) is 12.2 Å². The maximum atomic E-state index is 12.1. The zero-order chi connectivity index (χ0) is 17.4. The lowest BCUT2D eigenvalue weighted by Gasteiger charge is -2.19. The highest BCUT2D eigenvalue weighted by Gasteiger charge is 2.14.